The molecule has 148 valence electrons. The highest BCUT2D eigenvalue weighted by molar-refractivity contribution is 5.56. The van der Waals surface area contributed by atoms with E-state index in [2.05, 4.69) is 18.1 Å². The molecule has 1 saturated heterocycles. The Hall–Kier alpha value is -1.68. The van der Waals surface area contributed by atoms with Crippen LogP contribution in [0.5, 0.6) is 0 Å². The number of nitrogens with zero attached hydrogens (tertiary/aromatic N) is 1. The highest BCUT2D eigenvalue weighted by Gasteiger charge is 2.47. The van der Waals surface area contributed by atoms with E-state index >= 15 is 0 Å². The molecule has 1 aliphatic carbocycles. The fourth-order valence-corrected chi connectivity index (χ4v) is 4.62. The summed E-state index contributed by atoms with van der Waals surface area (Å²) in [6.07, 6.45) is 6.88. The minimum absolute atomic E-state index is 0.0514. The topological polar surface area (TPSA) is 23.5 Å². The second kappa shape index (κ2) is 7.05. The van der Waals surface area contributed by atoms with Crippen LogP contribution in [0.1, 0.15) is 63.9 Å². The molecule has 4 heteroatoms. The fourth-order valence-electron chi connectivity index (χ4n) is 4.62. The molecule has 0 radical (unpaired) electrons. The van der Waals surface area contributed by atoms with Crippen LogP contribution in [0.15, 0.2) is 49.2 Å². The summed E-state index contributed by atoms with van der Waals surface area (Å²) < 4.78 is 27.1. The molecule has 27 heavy (non-hydrogen) atoms. The maximum absolute atomic E-state index is 13.6. The van der Waals surface area contributed by atoms with Crippen molar-refractivity contribution in [3.05, 3.63) is 54.8 Å². The van der Waals surface area contributed by atoms with Crippen LogP contribution in [0.4, 0.5) is 14.5 Å². The molecule has 1 aliphatic heterocycles. The zero-order valence-corrected chi connectivity index (χ0v) is 16.5. The van der Waals surface area contributed by atoms with Crippen molar-refractivity contribution in [2.45, 2.75) is 69.8 Å². The largest absolute Gasteiger partial charge is 0.390 e. The van der Waals surface area contributed by atoms with Gasteiger partial charge in [0.25, 0.3) is 5.92 Å². The molecule has 1 N–H and O–H groups in total. The Bertz CT molecular complexity index is 696. The Labute approximate surface area is 161 Å². The van der Waals surface area contributed by atoms with E-state index in [-0.39, 0.29) is 5.41 Å². The van der Waals surface area contributed by atoms with E-state index in [9.17, 15) is 13.9 Å². The third kappa shape index (κ3) is 3.82. The summed E-state index contributed by atoms with van der Waals surface area (Å²) in [6.45, 7) is 11.6. The Balaban J connectivity index is 1.71. The van der Waals surface area contributed by atoms with Crippen LogP contribution in [0.2, 0.25) is 0 Å². The summed E-state index contributed by atoms with van der Waals surface area (Å²) in [7, 11) is 0. The van der Waals surface area contributed by atoms with Gasteiger partial charge in [0, 0.05) is 29.3 Å². The molecule has 2 fully saturated rings. The molecule has 1 heterocycles. The van der Waals surface area contributed by atoms with Crippen molar-refractivity contribution in [1.29, 1.82) is 0 Å². The zero-order valence-electron chi connectivity index (χ0n) is 16.5. The zero-order chi connectivity index (χ0) is 19.9. The third-order valence-electron chi connectivity index (χ3n) is 6.88. The van der Waals surface area contributed by atoms with Crippen LogP contribution in [0.3, 0.4) is 0 Å². The first kappa shape index (κ1) is 20.1. The molecule has 1 aromatic rings. The second-order valence-electron chi connectivity index (χ2n) is 8.62. The molecule has 3 rings (SSSR count). The van der Waals surface area contributed by atoms with Gasteiger partial charge in [0.15, 0.2) is 0 Å². The van der Waals surface area contributed by atoms with E-state index in [1.54, 1.807) is 25.1 Å². The average molecular weight is 376 g/mol. The molecule has 1 saturated carbocycles. The first-order valence-corrected chi connectivity index (χ1v) is 9.88. The van der Waals surface area contributed by atoms with Gasteiger partial charge >= 0.3 is 0 Å². The molecule has 2 nitrogen and oxygen atoms in total. The van der Waals surface area contributed by atoms with Gasteiger partial charge in [-0.15, -0.1) is 6.58 Å². The van der Waals surface area contributed by atoms with Crippen LogP contribution in [0.25, 0.3) is 0 Å². The smallest absolute Gasteiger partial charge is 0.251 e. The van der Waals surface area contributed by atoms with Crippen molar-refractivity contribution in [1.82, 2.24) is 0 Å². The standard InChI is InChI=1S/C23H31F2NO/c1-5-10-23(27)13-11-22(12-14-23)15-16-26(18(22)3)20-8-6-19(7-9-20)17(2)21(4,24)25/h5-9,17,27H,1,3,10-16H2,2,4H3. The molecule has 0 aromatic heterocycles. The summed E-state index contributed by atoms with van der Waals surface area (Å²) in [4.78, 5) is 2.22. The lowest BCUT2D eigenvalue weighted by molar-refractivity contribution is -0.0212. The van der Waals surface area contributed by atoms with Crippen molar-refractivity contribution in [3.63, 3.8) is 0 Å². The summed E-state index contributed by atoms with van der Waals surface area (Å²) in [5, 5.41) is 10.7. The van der Waals surface area contributed by atoms with Crippen LogP contribution in [-0.4, -0.2) is 23.2 Å². The van der Waals surface area contributed by atoms with Crippen molar-refractivity contribution in [2.75, 3.05) is 11.4 Å². The molecule has 1 spiro atoms. The number of aliphatic hydroxyl groups is 1. The lowest BCUT2D eigenvalue weighted by atomic mass is 9.66. The lowest BCUT2D eigenvalue weighted by Gasteiger charge is -2.42. The number of allylic oxidation sites excluding steroid dienone is 1. The number of halogens is 2. The van der Waals surface area contributed by atoms with Gasteiger partial charge in [0.1, 0.15) is 0 Å². The van der Waals surface area contributed by atoms with E-state index in [4.69, 9.17) is 0 Å². The Morgan fingerprint density at radius 2 is 1.78 bits per heavy atom. The molecule has 0 amide bonds. The van der Waals surface area contributed by atoms with Crippen molar-refractivity contribution < 1.29 is 13.9 Å². The van der Waals surface area contributed by atoms with Crippen LogP contribution in [0, 0.1) is 5.41 Å². The van der Waals surface area contributed by atoms with Gasteiger partial charge in [-0.05, 0) is 63.1 Å². The average Bonchev–Trinajstić information content (AvgIpc) is 2.94. The number of anilines is 1. The Morgan fingerprint density at radius 3 is 2.30 bits per heavy atom. The van der Waals surface area contributed by atoms with Gasteiger partial charge in [-0.1, -0.05) is 31.7 Å². The summed E-state index contributed by atoms with van der Waals surface area (Å²) in [6, 6.07) is 7.47. The lowest BCUT2D eigenvalue weighted by Crippen LogP contribution is -2.39. The van der Waals surface area contributed by atoms with Gasteiger partial charge < -0.3 is 10.0 Å². The predicted molar refractivity (Wildman–Crippen MR) is 107 cm³/mol. The molecule has 1 atom stereocenters. The number of alkyl halides is 2. The quantitative estimate of drug-likeness (QED) is 0.635. The number of benzene rings is 1. The first-order valence-electron chi connectivity index (χ1n) is 9.88. The molecular weight excluding hydrogens is 344 g/mol. The van der Waals surface area contributed by atoms with E-state index < -0.39 is 17.4 Å². The first-order chi connectivity index (χ1) is 12.6. The highest BCUT2D eigenvalue weighted by atomic mass is 19.3. The SMILES string of the molecule is C=CCC1(O)CCC2(CCN(c3ccc(C(C)C(C)(F)F)cc3)C2=C)CC1. The Kier molecular flexibility index (Phi) is 5.24. The van der Waals surface area contributed by atoms with E-state index in [1.165, 1.54) is 0 Å². The number of hydrogen-bond donors (Lipinski definition) is 1. The van der Waals surface area contributed by atoms with Gasteiger partial charge in [-0.2, -0.15) is 0 Å². The van der Waals surface area contributed by atoms with Gasteiger partial charge in [0.2, 0.25) is 0 Å². The minimum Gasteiger partial charge on any atom is -0.390 e. The summed E-state index contributed by atoms with van der Waals surface area (Å²) in [5.41, 5.74) is 2.20. The van der Waals surface area contributed by atoms with Crippen molar-refractivity contribution >= 4 is 5.69 Å². The van der Waals surface area contributed by atoms with E-state index in [0.717, 1.165) is 57.0 Å². The van der Waals surface area contributed by atoms with Gasteiger partial charge in [-0.3, -0.25) is 0 Å². The molecule has 1 aromatic carbocycles. The minimum atomic E-state index is -2.73. The third-order valence-corrected chi connectivity index (χ3v) is 6.88. The monoisotopic (exact) mass is 375 g/mol. The van der Waals surface area contributed by atoms with Crippen molar-refractivity contribution in [2.24, 2.45) is 5.41 Å². The second-order valence-corrected chi connectivity index (χ2v) is 8.62. The Morgan fingerprint density at radius 1 is 1.19 bits per heavy atom. The summed E-state index contributed by atoms with van der Waals surface area (Å²) in [5.74, 6) is -3.53. The van der Waals surface area contributed by atoms with Gasteiger partial charge in [-0.25, -0.2) is 8.78 Å². The van der Waals surface area contributed by atoms with Crippen LogP contribution >= 0.6 is 0 Å². The molecule has 2 aliphatic rings. The highest BCUT2D eigenvalue weighted by Crippen LogP contribution is 2.53. The molecule has 1 unspecified atom stereocenters. The number of rotatable bonds is 5. The van der Waals surface area contributed by atoms with Crippen LogP contribution in [-0.2, 0) is 0 Å². The predicted octanol–water partition coefficient (Wildman–Crippen LogP) is 6.04. The molecule has 0 bridgehead atoms. The van der Waals surface area contributed by atoms with Gasteiger partial charge in [0.05, 0.1) is 5.60 Å². The van der Waals surface area contributed by atoms with E-state index in [1.807, 2.05) is 12.1 Å². The van der Waals surface area contributed by atoms with Crippen molar-refractivity contribution in [3.8, 4) is 0 Å². The maximum Gasteiger partial charge on any atom is 0.251 e. The maximum atomic E-state index is 13.6. The number of hydrogen-bond acceptors (Lipinski definition) is 2. The normalized spacial score (nSPS) is 30.0. The fraction of sp³-hybridized carbons (Fsp3) is 0.565. The van der Waals surface area contributed by atoms with Crippen LogP contribution < -0.4 is 4.90 Å². The summed E-state index contributed by atoms with van der Waals surface area (Å²) >= 11 is 0. The van der Waals surface area contributed by atoms with E-state index in [0.29, 0.717) is 12.0 Å². The molecular formula is C23H31F2NO.